The molecule has 0 atom stereocenters. The van der Waals surface area contributed by atoms with Crippen LogP contribution in [0.3, 0.4) is 0 Å². The first kappa shape index (κ1) is 22.5. The molecular formula is C22H30N4O3. The van der Waals surface area contributed by atoms with E-state index in [2.05, 4.69) is 26.3 Å². The van der Waals surface area contributed by atoms with Crippen LogP contribution in [-0.2, 0) is 27.4 Å². The molecule has 0 saturated carbocycles. The molecule has 2 heterocycles. The molecule has 2 aromatic heterocycles. The van der Waals surface area contributed by atoms with Gasteiger partial charge in [0.05, 0.1) is 18.0 Å². The van der Waals surface area contributed by atoms with Crippen molar-refractivity contribution in [2.24, 2.45) is 10.3 Å². The van der Waals surface area contributed by atoms with E-state index in [0.29, 0.717) is 19.8 Å². The molecule has 0 aliphatic heterocycles. The predicted octanol–water partition coefficient (Wildman–Crippen LogP) is 4.07. The molecule has 7 nitrogen and oxygen atoms in total. The highest BCUT2D eigenvalue weighted by atomic mass is 16.6. The fourth-order valence-corrected chi connectivity index (χ4v) is 2.70. The van der Waals surface area contributed by atoms with Crippen molar-refractivity contribution in [3.05, 3.63) is 58.7 Å². The van der Waals surface area contributed by atoms with Crippen LogP contribution in [-0.4, -0.2) is 41.7 Å². The number of aryl methyl sites for hydroxylation is 2. The van der Waals surface area contributed by atoms with E-state index in [1.165, 1.54) is 7.11 Å². The molecule has 0 fully saturated rings. The molecule has 0 N–H and O–H groups in total. The summed E-state index contributed by atoms with van der Waals surface area (Å²) in [7, 11) is 1.53. The summed E-state index contributed by atoms with van der Waals surface area (Å²) in [6.45, 7) is 9.41. The van der Waals surface area contributed by atoms with Crippen molar-refractivity contribution in [1.29, 1.82) is 0 Å². The monoisotopic (exact) mass is 398 g/mol. The molecule has 29 heavy (non-hydrogen) atoms. The summed E-state index contributed by atoms with van der Waals surface area (Å²) in [5, 5.41) is 8.16. The SMILES string of the molecule is CCOCc1cc(CCCO/N=C(\C)c2cccc(C)n2)nc(/C(C)=N/OC)c1. The zero-order valence-corrected chi connectivity index (χ0v) is 17.9. The molecule has 7 heteroatoms. The van der Waals surface area contributed by atoms with Crippen LogP contribution in [0.1, 0.15) is 55.5 Å². The highest BCUT2D eigenvalue weighted by Gasteiger charge is 2.07. The minimum atomic E-state index is 0.501. The Bertz CT molecular complexity index is 850. The summed E-state index contributed by atoms with van der Waals surface area (Å²) in [4.78, 5) is 19.5. The molecule has 156 valence electrons. The van der Waals surface area contributed by atoms with E-state index in [0.717, 1.165) is 52.6 Å². The normalized spacial score (nSPS) is 12.2. The Morgan fingerprint density at radius 3 is 2.55 bits per heavy atom. The quantitative estimate of drug-likeness (QED) is 0.324. The number of nitrogens with zero attached hydrogens (tertiary/aromatic N) is 4. The Balaban J connectivity index is 1.95. The first-order chi connectivity index (χ1) is 14.0. The smallest absolute Gasteiger partial charge is 0.117 e. The van der Waals surface area contributed by atoms with Crippen molar-refractivity contribution < 1.29 is 14.4 Å². The van der Waals surface area contributed by atoms with Gasteiger partial charge in [-0.3, -0.25) is 9.97 Å². The molecule has 2 rings (SSSR count). The topological polar surface area (TPSA) is 78.2 Å². The highest BCUT2D eigenvalue weighted by molar-refractivity contribution is 5.97. The fourth-order valence-electron chi connectivity index (χ4n) is 2.70. The second-order valence-corrected chi connectivity index (χ2v) is 6.63. The summed E-state index contributed by atoms with van der Waals surface area (Å²) >= 11 is 0. The average Bonchev–Trinajstić information content (AvgIpc) is 2.72. The van der Waals surface area contributed by atoms with Crippen molar-refractivity contribution in [2.75, 3.05) is 20.3 Å². The second kappa shape index (κ2) is 11.9. The van der Waals surface area contributed by atoms with Gasteiger partial charge in [0, 0.05) is 18.0 Å². The molecular weight excluding hydrogens is 368 g/mol. The van der Waals surface area contributed by atoms with Gasteiger partial charge >= 0.3 is 0 Å². The number of pyridine rings is 2. The minimum Gasteiger partial charge on any atom is -0.399 e. The molecule has 0 aliphatic rings. The second-order valence-electron chi connectivity index (χ2n) is 6.63. The van der Waals surface area contributed by atoms with Crippen molar-refractivity contribution in [3.8, 4) is 0 Å². The molecule has 0 unspecified atom stereocenters. The Morgan fingerprint density at radius 2 is 1.83 bits per heavy atom. The molecule has 0 aliphatic carbocycles. The van der Waals surface area contributed by atoms with E-state index < -0.39 is 0 Å². The van der Waals surface area contributed by atoms with Gasteiger partial charge in [0.2, 0.25) is 0 Å². The summed E-state index contributed by atoms with van der Waals surface area (Å²) in [6, 6.07) is 9.89. The van der Waals surface area contributed by atoms with Crippen LogP contribution in [0.4, 0.5) is 0 Å². The van der Waals surface area contributed by atoms with Gasteiger partial charge in [0.1, 0.15) is 25.1 Å². The minimum absolute atomic E-state index is 0.501. The molecule has 0 bridgehead atoms. The highest BCUT2D eigenvalue weighted by Crippen LogP contribution is 2.11. The fraction of sp³-hybridized carbons (Fsp3) is 0.455. The van der Waals surface area contributed by atoms with Crippen molar-refractivity contribution in [2.45, 2.75) is 47.1 Å². The maximum absolute atomic E-state index is 5.54. The lowest BCUT2D eigenvalue weighted by Crippen LogP contribution is -2.06. The average molecular weight is 399 g/mol. The Morgan fingerprint density at radius 1 is 1.03 bits per heavy atom. The zero-order valence-electron chi connectivity index (χ0n) is 17.9. The molecule has 0 saturated heterocycles. The van der Waals surface area contributed by atoms with Gasteiger partial charge < -0.3 is 14.4 Å². The van der Waals surface area contributed by atoms with Gasteiger partial charge in [0.25, 0.3) is 0 Å². The van der Waals surface area contributed by atoms with Crippen LogP contribution < -0.4 is 0 Å². The third kappa shape index (κ3) is 7.62. The first-order valence-corrected chi connectivity index (χ1v) is 9.79. The van der Waals surface area contributed by atoms with Crippen LogP contribution in [0, 0.1) is 6.92 Å². The summed E-state index contributed by atoms with van der Waals surface area (Å²) in [6.07, 6.45) is 1.56. The molecule has 0 radical (unpaired) electrons. The van der Waals surface area contributed by atoms with Crippen molar-refractivity contribution >= 4 is 11.4 Å². The first-order valence-electron chi connectivity index (χ1n) is 9.79. The van der Waals surface area contributed by atoms with Gasteiger partial charge in [-0.25, -0.2) is 0 Å². The van der Waals surface area contributed by atoms with E-state index in [9.17, 15) is 0 Å². The van der Waals surface area contributed by atoms with Crippen LogP contribution in [0.15, 0.2) is 40.6 Å². The Hall–Kier alpha value is -2.80. The maximum Gasteiger partial charge on any atom is 0.117 e. The molecule has 2 aromatic rings. The van der Waals surface area contributed by atoms with Gasteiger partial charge in [0.15, 0.2) is 0 Å². The lowest BCUT2D eigenvalue weighted by Gasteiger charge is -2.09. The van der Waals surface area contributed by atoms with Gasteiger partial charge in [-0.15, -0.1) is 0 Å². The van der Waals surface area contributed by atoms with Crippen LogP contribution >= 0.6 is 0 Å². The van der Waals surface area contributed by atoms with E-state index in [-0.39, 0.29) is 0 Å². The van der Waals surface area contributed by atoms with E-state index >= 15 is 0 Å². The number of hydrogen-bond donors (Lipinski definition) is 0. The molecule has 0 amide bonds. The standard InChI is InChI=1S/C22H30N4O3/c1-6-28-15-19-13-20(24-22(14-19)18(4)25-27-5)10-8-12-29-26-17(3)21-11-7-9-16(2)23-21/h7,9,11,13-14H,6,8,10,12,15H2,1-5H3/b25-18+,26-17+. The summed E-state index contributed by atoms with van der Waals surface area (Å²) < 4.78 is 5.54. The van der Waals surface area contributed by atoms with Crippen LogP contribution in [0.25, 0.3) is 0 Å². The number of rotatable bonds is 11. The third-order valence-electron chi connectivity index (χ3n) is 4.14. The maximum atomic E-state index is 5.54. The number of oxime groups is 2. The van der Waals surface area contributed by atoms with E-state index in [4.69, 9.17) is 14.4 Å². The van der Waals surface area contributed by atoms with Crippen LogP contribution in [0.5, 0.6) is 0 Å². The Kier molecular flexibility index (Phi) is 9.24. The number of aromatic nitrogens is 2. The lowest BCUT2D eigenvalue weighted by atomic mass is 10.1. The third-order valence-corrected chi connectivity index (χ3v) is 4.14. The molecule has 0 spiro atoms. The van der Waals surface area contributed by atoms with Gasteiger partial charge in [-0.1, -0.05) is 16.4 Å². The molecule has 0 aromatic carbocycles. The van der Waals surface area contributed by atoms with Crippen molar-refractivity contribution in [3.63, 3.8) is 0 Å². The lowest BCUT2D eigenvalue weighted by molar-refractivity contribution is 0.134. The largest absolute Gasteiger partial charge is 0.399 e. The van der Waals surface area contributed by atoms with Crippen molar-refractivity contribution in [1.82, 2.24) is 9.97 Å². The number of hydrogen-bond acceptors (Lipinski definition) is 7. The van der Waals surface area contributed by atoms with Gasteiger partial charge in [-0.05, 0) is 70.4 Å². The summed E-state index contributed by atoms with van der Waals surface area (Å²) in [5.41, 5.74) is 6.10. The van der Waals surface area contributed by atoms with Crippen LogP contribution in [0.2, 0.25) is 0 Å². The summed E-state index contributed by atoms with van der Waals surface area (Å²) in [5.74, 6) is 0. The number of ether oxygens (including phenoxy) is 1. The predicted molar refractivity (Wildman–Crippen MR) is 114 cm³/mol. The zero-order chi connectivity index (χ0) is 21.1. The van der Waals surface area contributed by atoms with E-state index in [1.54, 1.807) is 0 Å². The van der Waals surface area contributed by atoms with Gasteiger partial charge in [-0.2, -0.15) is 0 Å². The Labute approximate surface area is 172 Å². The van der Waals surface area contributed by atoms with E-state index in [1.807, 2.05) is 52.0 Å².